The third-order valence-corrected chi connectivity index (χ3v) is 6.40. The monoisotopic (exact) mass is 511 g/mol. The molecule has 4 nitrogen and oxygen atoms in total. The molecule has 164 valence electrons. The molecule has 0 fully saturated rings. The quantitative estimate of drug-likeness (QED) is 0.255. The van der Waals surface area contributed by atoms with Crippen LogP contribution in [0.5, 0.6) is 5.75 Å². The van der Waals surface area contributed by atoms with Crippen LogP contribution in [0.25, 0.3) is 33.2 Å². The van der Waals surface area contributed by atoms with Gasteiger partial charge in [0, 0.05) is 7.05 Å². The first kappa shape index (κ1) is 22.7. The molecule has 0 radical (unpaired) electrons. The van der Waals surface area contributed by atoms with Crippen molar-refractivity contribution < 1.29 is 13.5 Å². The molecule has 0 amide bonds. The zero-order chi connectivity index (χ0) is 23.0. The summed E-state index contributed by atoms with van der Waals surface area (Å²) in [7, 11) is 1.75. The van der Waals surface area contributed by atoms with Crippen LogP contribution in [-0.2, 0) is 7.05 Å². The van der Waals surface area contributed by atoms with Gasteiger partial charge in [0.15, 0.2) is 16.1 Å². The Morgan fingerprint density at radius 1 is 1.12 bits per heavy atom. The Kier molecular flexibility index (Phi) is 6.53. The Morgan fingerprint density at radius 3 is 2.50 bits per heavy atom. The maximum Gasteiger partial charge on any atom is 0.308 e. The van der Waals surface area contributed by atoms with Crippen molar-refractivity contribution in [1.82, 2.24) is 14.8 Å². The van der Waals surface area contributed by atoms with Crippen LogP contribution in [0.4, 0.5) is 8.78 Å². The minimum atomic E-state index is -1.07. The van der Waals surface area contributed by atoms with E-state index in [0.29, 0.717) is 5.82 Å². The van der Waals surface area contributed by atoms with Gasteiger partial charge in [0.25, 0.3) is 0 Å². The van der Waals surface area contributed by atoms with Gasteiger partial charge in [-0.25, -0.2) is 14.1 Å². The van der Waals surface area contributed by atoms with Crippen molar-refractivity contribution in [2.24, 2.45) is 7.05 Å². The number of aromatic nitrogens is 3. The van der Waals surface area contributed by atoms with Crippen molar-refractivity contribution in [2.75, 3.05) is 0 Å². The van der Waals surface area contributed by atoms with Gasteiger partial charge in [-0.2, -0.15) is 9.49 Å². The molecule has 0 aliphatic heterocycles. The zero-order valence-electron chi connectivity index (χ0n) is 16.7. The van der Waals surface area contributed by atoms with Crippen LogP contribution in [-0.4, -0.2) is 14.8 Å². The molecule has 0 saturated carbocycles. The highest BCUT2D eigenvalue weighted by molar-refractivity contribution is 7.14. The molecule has 2 aromatic heterocycles. The summed E-state index contributed by atoms with van der Waals surface area (Å²) in [5.41, 5.74) is 3.01. The Balaban J connectivity index is 1.67. The SMILES string of the molecule is Cc1c(-c2ccc(OC(F)=C(Cl)Cl)cc2)csc1-c1nc(-c2c(F)cccc2Cl)nn1C. The van der Waals surface area contributed by atoms with E-state index in [0.717, 1.165) is 21.6 Å². The van der Waals surface area contributed by atoms with Crippen LogP contribution in [0.3, 0.4) is 0 Å². The van der Waals surface area contributed by atoms with Gasteiger partial charge in [0.05, 0.1) is 15.5 Å². The number of thiophene rings is 1. The summed E-state index contributed by atoms with van der Waals surface area (Å²) in [6, 6.07) is 10.2. The van der Waals surface area contributed by atoms with Gasteiger partial charge < -0.3 is 4.74 Å². The molecule has 0 unspecified atom stereocenters. The van der Waals surface area contributed by atoms with E-state index in [1.54, 1.807) is 42.1 Å². The number of aryl methyl sites for hydroxylation is 1. The second kappa shape index (κ2) is 9.19. The molecule has 2 heterocycles. The molecule has 4 rings (SSSR count). The highest BCUT2D eigenvalue weighted by Gasteiger charge is 2.20. The Morgan fingerprint density at radius 2 is 1.84 bits per heavy atom. The lowest BCUT2D eigenvalue weighted by molar-refractivity contribution is 0.302. The number of rotatable bonds is 5. The van der Waals surface area contributed by atoms with Crippen LogP contribution in [0.1, 0.15) is 5.56 Å². The molecule has 10 heteroatoms. The summed E-state index contributed by atoms with van der Waals surface area (Å²) < 4.78 is 33.7. The van der Waals surface area contributed by atoms with Gasteiger partial charge in [-0.15, -0.1) is 11.3 Å². The molecule has 2 aromatic carbocycles. The fraction of sp³-hybridized carbons (Fsp3) is 0.0909. The number of nitrogens with zero attached hydrogens (tertiary/aromatic N) is 3. The molecule has 0 aliphatic carbocycles. The van der Waals surface area contributed by atoms with Crippen molar-refractivity contribution in [3.05, 3.63) is 74.8 Å². The number of benzene rings is 2. The lowest BCUT2D eigenvalue weighted by Gasteiger charge is -2.06. The minimum Gasteiger partial charge on any atom is -0.430 e. The molecule has 0 N–H and O–H groups in total. The van der Waals surface area contributed by atoms with Gasteiger partial charge in [-0.05, 0) is 53.3 Å². The molecule has 0 bridgehead atoms. The van der Waals surface area contributed by atoms with Crippen LogP contribution >= 0.6 is 46.1 Å². The first-order chi connectivity index (χ1) is 15.3. The largest absolute Gasteiger partial charge is 0.430 e. The van der Waals surface area contributed by atoms with Crippen molar-refractivity contribution in [1.29, 1.82) is 0 Å². The number of ether oxygens (including phenoxy) is 1. The van der Waals surface area contributed by atoms with Gasteiger partial charge in [0.2, 0.25) is 0 Å². The molecule has 0 atom stereocenters. The van der Waals surface area contributed by atoms with E-state index in [1.165, 1.54) is 23.5 Å². The second-order valence-electron chi connectivity index (χ2n) is 6.74. The topological polar surface area (TPSA) is 39.9 Å². The minimum absolute atomic E-state index is 0.166. The fourth-order valence-electron chi connectivity index (χ4n) is 3.17. The highest BCUT2D eigenvalue weighted by Crippen LogP contribution is 2.38. The zero-order valence-corrected chi connectivity index (χ0v) is 19.8. The normalized spacial score (nSPS) is 11.0. The number of hydrogen-bond acceptors (Lipinski definition) is 4. The Bertz CT molecular complexity index is 1310. The summed E-state index contributed by atoms with van der Waals surface area (Å²) in [6.45, 7) is 1.96. The van der Waals surface area contributed by atoms with Crippen molar-refractivity contribution in [3.8, 4) is 39.0 Å². The molecule has 0 saturated heterocycles. The van der Waals surface area contributed by atoms with E-state index in [9.17, 15) is 8.78 Å². The van der Waals surface area contributed by atoms with E-state index < -0.39 is 16.3 Å². The van der Waals surface area contributed by atoms with Crippen LogP contribution in [0.2, 0.25) is 5.02 Å². The molecule has 0 spiro atoms. The predicted molar refractivity (Wildman–Crippen MR) is 125 cm³/mol. The summed E-state index contributed by atoms with van der Waals surface area (Å²) >= 11 is 18.4. The first-order valence-electron chi connectivity index (χ1n) is 9.19. The predicted octanol–water partition coefficient (Wildman–Crippen LogP) is 7.93. The molecular formula is C22H14Cl3F2N3OS. The third-order valence-electron chi connectivity index (χ3n) is 4.71. The van der Waals surface area contributed by atoms with E-state index in [2.05, 4.69) is 10.1 Å². The number of hydrogen-bond donors (Lipinski definition) is 0. The van der Waals surface area contributed by atoms with Crippen molar-refractivity contribution in [3.63, 3.8) is 0 Å². The molecule has 32 heavy (non-hydrogen) atoms. The molecule has 0 aliphatic rings. The van der Waals surface area contributed by atoms with E-state index in [4.69, 9.17) is 39.5 Å². The maximum atomic E-state index is 14.3. The summed E-state index contributed by atoms with van der Waals surface area (Å²) in [4.78, 5) is 5.44. The lowest BCUT2D eigenvalue weighted by Crippen LogP contribution is -1.94. The maximum absolute atomic E-state index is 14.3. The van der Waals surface area contributed by atoms with Crippen LogP contribution in [0.15, 0.2) is 58.3 Å². The van der Waals surface area contributed by atoms with Gasteiger partial charge >= 0.3 is 6.01 Å². The van der Waals surface area contributed by atoms with E-state index in [1.807, 2.05) is 12.3 Å². The van der Waals surface area contributed by atoms with E-state index in [-0.39, 0.29) is 22.2 Å². The lowest BCUT2D eigenvalue weighted by atomic mass is 10.0. The van der Waals surface area contributed by atoms with Crippen LogP contribution in [0, 0.1) is 12.7 Å². The van der Waals surface area contributed by atoms with Gasteiger partial charge in [0.1, 0.15) is 11.6 Å². The van der Waals surface area contributed by atoms with E-state index >= 15 is 0 Å². The summed E-state index contributed by atoms with van der Waals surface area (Å²) in [6.07, 6.45) is 0. The average Bonchev–Trinajstić information content (AvgIpc) is 3.30. The van der Waals surface area contributed by atoms with Gasteiger partial charge in [-0.3, -0.25) is 0 Å². The highest BCUT2D eigenvalue weighted by atomic mass is 35.5. The summed E-state index contributed by atoms with van der Waals surface area (Å²) in [5.74, 6) is 0.589. The second-order valence-corrected chi connectivity index (χ2v) is 8.98. The summed E-state index contributed by atoms with van der Waals surface area (Å²) in [5, 5.41) is 6.60. The molecular weight excluding hydrogens is 499 g/mol. The standard InChI is InChI=1S/C22H14Cl3F2N3OS/c1-11-14(12-6-8-13(9-7-12)31-20(27)19(24)25)10-32-18(11)22-28-21(29-30(22)2)17-15(23)4-3-5-16(17)26/h3-10H,1-2H3. The number of halogens is 5. The Hall–Kier alpha value is -2.45. The molecule has 4 aromatic rings. The van der Waals surface area contributed by atoms with Crippen molar-refractivity contribution >= 4 is 46.1 Å². The Labute approximate surface area is 201 Å². The smallest absolute Gasteiger partial charge is 0.308 e. The average molecular weight is 513 g/mol. The van der Waals surface area contributed by atoms with Crippen LogP contribution < -0.4 is 4.74 Å². The van der Waals surface area contributed by atoms with Crippen molar-refractivity contribution in [2.45, 2.75) is 6.92 Å². The first-order valence-corrected chi connectivity index (χ1v) is 11.2. The third kappa shape index (κ3) is 4.38. The fourth-order valence-corrected chi connectivity index (χ4v) is 4.61. The van der Waals surface area contributed by atoms with Gasteiger partial charge in [-0.1, -0.05) is 53.0 Å².